The minimum absolute atomic E-state index is 0.200. The first kappa shape index (κ1) is 29.9. The zero-order valence-corrected chi connectivity index (χ0v) is 23.7. The van der Waals surface area contributed by atoms with Gasteiger partial charge in [0.05, 0.1) is 0 Å². The second-order valence-electron chi connectivity index (χ2n) is 10.2. The number of benzene rings is 2. The van der Waals surface area contributed by atoms with Gasteiger partial charge in [-0.3, -0.25) is 19.7 Å². The molecule has 0 bridgehead atoms. The molecule has 0 spiro atoms. The molecule has 3 N–H and O–H groups in total. The maximum atomic E-state index is 13.6. The fourth-order valence-corrected chi connectivity index (χ4v) is 4.51. The van der Waals surface area contributed by atoms with Crippen LogP contribution in [0.2, 0.25) is 0 Å². The van der Waals surface area contributed by atoms with Crippen molar-refractivity contribution in [2.75, 3.05) is 20.1 Å². The van der Waals surface area contributed by atoms with E-state index in [0.29, 0.717) is 19.5 Å². The number of likely N-dealkylation sites (N-methyl/N-ethyl adjacent to an activating group) is 1. The third kappa shape index (κ3) is 8.42. The van der Waals surface area contributed by atoms with Crippen molar-refractivity contribution < 1.29 is 19.1 Å². The van der Waals surface area contributed by atoms with Crippen LogP contribution in [-0.4, -0.2) is 67.0 Å². The van der Waals surface area contributed by atoms with Crippen molar-refractivity contribution in [1.29, 1.82) is 0 Å². The number of rotatable bonds is 3. The number of carbonyl (C=O) groups is 3. The molecule has 0 aliphatic carbocycles. The second-order valence-corrected chi connectivity index (χ2v) is 10.2. The number of para-hydroxylation sites is 1. The fraction of sp³-hybridized carbons (Fsp3) is 0.452. The molecule has 39 heavy (non-hydrogen) atoms. The molecule has 0 aromatic heterocycles. The van der Waals surface area contributed by atoms with Crippen LogP contribution < -0.4 is 20.7 Å². The van der Waals surface area contributed by atoms with Gasteiger partial charge in [-0.15, -0.1) is 0 Å². The molecule has 0 radical (unpaired) electrons. The number of hydrogen-bond donors (Lipinski definition) is 3. The van der Waals surface area contributed by atoms with E-state index in [4.69, 9.17) is 4.74 Å². The summed E-state index contributed by atoms with van der Waals surface area (Å²) in [6.45, 7) is 8.31. The quantitative estimate of drug-likeness (QED) is 0.526. The van der Waals surface area contributed by atoms with E-state index in [2.05, 4.69) is 16.0 Å². The van der Waals surface area contributed by atoms with Crippen molar-refractivity contribution in [2.45, 2.75) is 71.2 Å². The molecule has 0 fully saturated rings. The van der Waals surface area contributed by atoms with Crippen molar-refractivity contribution in [1.82, 2.24) is 20.9 Å². The maximum absolute atomic E-state index is 13.6. The van der Waals surface area contributed by atoms with Crippen molar-refractivity contribution in [3.8, 4) is 5.75 Å². The third-order valence-corrected chi connectivity index (χ3v) is 7.21. The zero-order chi connectivity index (χ0) is 28.4. The first-order valence-corrected chi connectivity index (χ1v) is 13.7. The van der Waals surface area contributed by atoms with E-state index in [1.165, 1.54) is 4.90 Å². The maximum Gasteiger partial charge on any atom is 0.244 e. The summed E-state index contributed by atoms with van der Waals surface area (Å²) in [5.41, 5.74) is 2.84. The smallest absolute Gasteiger partial charge is 0.244 e. The van der Waals surface area contributed by atoms with Crippen LogP contribution >= 0.6 is 0 Å². The van der Waals surface area contributed by atoms with Gasteiger partial charge in [0, 0.05) is 26.6 Å². The average Bonchev–Trinajstić information content (AvgIpc) is 2.94. The Morgan fingerprint density at radius 2 is 1.72 bits per heavy atom. The number of hydrogen-bond acceptors (Lipinski definition) is 5. The van der Waals surface area contributed by atoms with Gasteiger partial charge in [-0.25, -0.2) is 0 Å². The monoisotopic (exact) mass is 534 g/mol. The van der Waals surface area contributed by atoms with Crippen molar-refractivity contribution in [3.05, 3.63) is 77.4 Å². The number of ether oxygens (including phenoxy) is 1. The van der Waals surface area contributed by atoms with E-state index in [1.54, 1.807) is 14.0 Å². The van der Waals surface area contributed by atoms with Crippen molar-refractivity contribution >= 4 is 17.7 Å². The first-order chi connectivity index (χ1) is 18.7. The highest BCUT2D eigenvalue weighted by Crippen LogP contribution is 2.21. The van der Waals surface area contributed by atoms with E-state index < -0.39 is 18.1 Å². The zero-order valence-electron chi connectivity index (χ0n) is 23.7. The van der Waals surface area contributed by atoms with E-state index in [1.807, 2.05) is 81.4 Å². The molecule has 2 aromatic carbocycles. The summed E-state index contributed by atoms with van der Waals surface area (Å²) in [6, 6.07) is 15.3. The van der Waals surface area contributed by atoms with Gasteiger partial charge in [0.2, 0.25) is 17.7 Å². The SMILES string of the molecule is C/C=C(\C)[C@@H]1NC[C@@H](C)Oc2ccccc2CCCNC(=O)[C@@H](Cc2ccccc2)NC(=O)[C@@H](C)N(C)C1=O. The summed E-state index contributed by atoms with van der Waals surface area (Å²) in [5, 5.41) is 9.23. The lowest BCUT2D eigenvalue weighted by Crippen LogP contribution is -2.56. The van der Waals surface area contributed by atoms with Crippen LogP contribution in [-0.2, 0) is 27.2 Å². The molecule has 1 aliphatic rings. The minimum atomic E-state index is -0.781. The van der Waals surface area contributed by atoms with Crippen LogP contribution in [0.3, 0.4) is 0 Å². The number of fused-ring (bicyclic) bond motifs is 1. The molecule has 2 aromatic rings. The molecule has 0 saturated heterocycles. The third-order valence-electron chi connectivity index (χ3n) is 7.21. The molecule has 8 heteroatoms. The van der Waals surface area contributed by atoms with Gasteiger partial charge in [0.25, 0.3) is 0 Å². The highest BCUT2D eigenvalue weighted by atomic mass is 16.5. The van der Waals surface area contributed by atoms with Crippen LogP contribution in [0.15, 0.2) is 66.2 Å². The number of nitrogens with one attached hydrogen (secondary N) is 3. The molecule has 0 saturated carbocycles. The predicted octanol–water partition coefficient (Wildman–Crippen LogP) is 3.02. The van der Waals surface area contributed by atoms with Gasteiger partial charge in [-0.1, -0.05) is 60.2 Å². The normalized spacial score (nSPS) is 24.5. The van der Waals surface area contributed by atoms with Crippen LogP contribution in [0.4, 0.5) is 0 Å². The Morgan fingerprint density at radius 1 is 1.03 bits per heavy atom. The molecular weight excluding hydrogens is 492 g/mol. The summed E-state index contributed by atoms with van der Waals surface area (Å²) in [4.78, 5) is 41.5. The van der Waals surface area contributed by atoms with Crippen LogP contribution in [0.1, 0.15) is 45.2 Å². The second kappa shape index (κ2) is 14.5. The topological polar surface area (TPSA) is 99.8 Å². The number of amides is 3. The Balaban J connectivity index is 1.89. The van der Waals surface area contributed by atoms with Crippen molar-refractivity contribution in [3.63, 3.8) is 0 Å². The summed E-state index contributed by atoms with van der Waals surface area (Å²) in [6.07, 6.45) is 3.49. The lowest BCUT2D eigenvalue weighted by atomic mass is 10.0. The highest BCUT2D eigenvalue weighted by Gasteiger charge is 2.31. The van der Waals surface area contributed by atoms with Crippen LogP contribution in [0.5, 0.6) is 5.75 Å². The van der Waals surface area contributed by atoms with E-state index in [9.17, 15) is 14.4 Å². The van der Waals surface area contributed by atoms with Gasteiger partial charge >= 0.3 is 0 Å². The summed E-state index contributed by atoms with van der Waals surface area (Å²) >= 11 is 0. The molecule has 210 valence electrons. The molecule has 1 aliphatic heterocycles. The van der Waals surface area contributed by atoms with E-state index >= 15 is 0 Å². The standard InChI is InChI=1S/C31H42N4O4/c1-6-21(2)28-31(38)35(5)23(4)29(36)34-26(19-24-13-8-7-9-14-24)30(37)32-18-12-16-25-15-10-11-17-27(25)39-22(3)20-33-28/h6-11,13-15,17,22-23,26,28,33H,12,16,18-20H2,1-5H3,(H,32,37)(H,34,36)/b21-6+/t22-,23-,26-,28+/m1/s1. The van der Waals surface area contributed by atoms with Crippen molar-refractivity contribution in [2.24, 2.45) is 0 Å². The molecule has 3 rings (SSSR count). The van der Waals surface area contributed by atoms with Crippen LogP contribution in [0.25, 0.3) is 0 Å². The average molecular weight is 535 g/mol. The lowest BCUT2D eigenvalue weighted by molar-refractivity contribution is -0.140. The van der Waals surface area contributed by atoms with Gasteiger partial charge in [0.15, 0.2) is 0 Å². The predicted molar refractivity (Wildman–Crippen MR) is 153 cm³/mol. The van der Waals surface area contributed by atoms with E-state index in [0.717, 1.165) is 35.3 Å². The van der Waals surface area contributed by atoms with Gasteiger partial charge in [-0.2, -0.15) is 0 Å². The summed E-state index contributed by atoms with van der Waals surface area (Å²) in [5.74, 6) is -0.0709. The molecule has 3 amide bonds. The largest absolute Gasteiger partial charge is 0.489 e. The number of aryl methyl sites for hydroxylation is 1. The molecular formula is C31H42N4O4. The minimum Gasteiger partial charge on any atom is -0.489 e. The Labute approximate surface area is 232 Å². The molecule has 1 heterocycles. The Hall–Kier alpha value is -3.65. The van der Waals surface area contributed by atoms with Gasteiger partial charge < -0.3 is 20.3 Å². The molecule has 8 nitrogen and oxygen atoms in total. The Bertz CT molecular complexity index is 1150. The molecule has 4 atom stereocenters. The first-order valence-electron chi connectivity index (χ1n) is 13.7. The number of carbonyl (C=O) groups excluding carboxylic acids is 3. The lowest BCUT2D eigenvalue weighted by Gasteiger charge is -2.31. The Morgan fingerprint density at radius 3 is 2.44 bits per heavy atom. The fourth-order valence-electron chi connectivity index (χ4n) is 4.51. The van der Waals surface area contributed by atoms with Gasteiger partial charge in [-0.05, 0) is 57.7 Å². The Kier molecular flexibility index (Phi) is 11.1. The summed E-state index contributed by atoms with van der Waals surface area (Å²) in [7, 11) is 1.62. The van der Waals surface area contributed by atoms with E-state index in [-0.39, 0.29) is 23.8 Å². The molecule has 0 unspecified atom stereocenters. The van der Waals surface area contributed by atoms with Crippen LogP contribution in [0, 0.1) is 0 Å². The number of allylic oxidation sites excluding steroid dienone is 1. The van der Waals surface area contributed by atoms with Gasteiger partial charge in [0.1, 0.15) is 30.0 Å². The highest BCUT2D eigenvalue weighted by molar-refractivity contribution is 5.93. The number of nitrogens with zero attached hydrogens (tertiary/aromatic N) is 1. The summed E-state index contributed by atoms with van der Waals surface area (Å²) < 4.78 is 6.25.